The number of nitrogens with one attached hydrogen (secondary N) is 2. The fourth-order valence-electron chi connectivity index (χ4n) is 1.90. The first kappa shape index (κ1) is 13.4. The van der Waals surface area contributed by atoms with Crippen molar-refractivity contribution in [3.05, 3.63) is 29.6 Å². The lowest BCUT2D eigenvalue weighted by atomic mass is 10.1. The Morgan fingerprint density at radius 3 is 2.95 bits per heavy atom. The molecular weight excluding hydrogens is 246 g/mol. The van der Waals surface area contributed by atoms with E-state index in [4.69, 9.17) is 9.94 Å². The third kappa shape index (κ3) is 3.03. The highest BCUT2D eigenvalue weighted by atomic mass is 16.7. The number of imidazole rings is 1. The molecule has 0 bridgehead atoms. The van der Waals surface area contributed by atoms with E-state index in [1.807, 2.05) is 30.6 Å². The van der Waals surface area contributed by atoms with Crippen LogP contribution in [0.4, 0.5) is 4.79 Å². The molecule has 1 heterocycles. The number of carbonyl (C=O) groups is 1. The van der Waals surface area contributed by atoms with Crippen molar-refractivity contribution in [2.24, 2.45) is 0 Å². The maximum atomic E-state index is 10.4. The Hall–Kier alpha value is -2.08. The number of carboxylic acid groups (broad SMARTS) is 1. The first-order chi connectivity index (χ1) is 9.13. The molecule has 0 aliphatic carbocycles. The third-order valence-corrected chi connectivity index (χ3v) is 2.94. The largest absolute Gasteiger partial charge is 0.464 e. The van der Waals surface area contributed by atoms with E-state index in [-0.39, 0.29) is 0 Å². The quantitative estimate of drug-likeness (QED) is 0.724. The smallest absolute Gasteiger partial charge is 0.428 e. The lowest BCUT2D eigenvalue weighted by Crippen LogP contribution is -2.24. The molecule has 1 amide bonds. The number of nitrogens with zero attached hydrogens (tertiary/aromatic N) is 1. The topological polar surface area (TPSA) is 87.2 Å². The van der Waals surface area contributed by atoms with Gasteiger partial charge in [0.1, 0.15) is 11.9 Å². The lowest BCUT2D eigenvalue weighted by molar-refractivity contribution is -0.0229. The van der Waals surface area contributed by atoms with Gasteiger partial charge in [0, 0.05) is 0 Å². The second-order valence-electron chi connectivity index (χ2n) is 4.25. The predicted octanol–water partition coefficient (Wildman–Crippen LogP) is 2.78. The molecule has 0 fully saturated rings. The summed E-state index contributed by atoms with van der Waals surface area (Å²) >= 11 is 0. The van der Waals surface area contributed by atoms with Crippen molar-refractivity contribution in [2.75, 3.05) is 0 Å². The van der Waals surface area contributed by atoms with Crippen molar-refractivity contribution in [1.29, 1.82) is 0 Å². The SMILES string of the molecule is CCc1ccc2[nH]c(C(CC)ONC(=O)O)nc2c1. The van der Waals surface area contributed by atoms with Gasteiger partial charge in [-0.25, -0.2) is 9.78 Å². The van der Waals surface area contributed by atoms with Crippen molar-refractivity contribution >= 4 is 17.1 Å². The fourth-order valence-corrected chi connectivity index (χ4v) is 1.90. The first-order valence-electron chi connectivity index (χ1n) is 6.27. The minimum Gasteiger partial charge on any atom is -0.464 e. The van der Waals surface area contributed by atoms with E-state index in [9.17, 15) is 4.79 Å². The second kappa shape index (κ2) is 5.71. The van der Waals surface area contributed by atoms with Gasteiger partial charge in [-0.3, -0.25) is 4.84 Å². The summed E-state index contributed by atoms with van der Waals surface area (Å²) in [6.45, 7) is 3.99. The highest BCUT2D eigenvalue weighted by molar-refractivity contribution is 5.76. The minimum atomic E-state index is -1.22. The maximum Gasteiger partial charge on any atom is 0.428 e. The zero-order valence-corrected chi connectivity index (χ0v) is 10.9. The van der Waals surface area contributed by atoms with Crippen LogP contribution in [-0.2, 0) is 11.3 Å². The van der Waals surface area contributed by atoms with E-state index in [0.717, 1.165) is 17.5 Å². The Labute approximate surface area is 110 Å². The Morgan fingerprint density at radius 2 is 2.32 bits per heavy atom. The van der Waals surface area contributed by atoms with Gasteiger partial charge < -0.3 is 10.1 Å². The van der Waals surface area contributed by atoms with E-state index < -0.39 is 12.2 Å². The Kier molecular flexibility index (Phi) is 4.01. The van der Waals surface area contributed by atoms with Gasteiger partial charge >= 0.3 is 6.09 Å². The zero-order chi connectivity index (χ0) is 13.8. The van der Waals surface area contributed by atoms with E-state index >= 15 is 0 Å². The molecule has 1 aromatic heterocycles. The molecule has 0 radical (unpaired) electrons. The Bertz CT molecular complexity index is 580. The van der Waals surface area contributed by atoms with Crippen molar-refractivity contribution in [3.8, 4) is 0 Å². The van der Waals surface area contributed by atoms with Gasteiger partial charge in [0.2, 0.25) is 0 Å². The van der Waals surface area contributed by atoms with E-state index in [1.165, 1.54) is 5.56 Å². The summed E-state index contributed by atoms with van der Waals surface area (Å²) < 4.78 is 0. The van der Waals surface area contributed by atoms with Crippen LogP contribution in [0.15, 0.2) is 18.2 Å². The standard InChI is InChI=1S/C13H17N3O3/c1-3-8-5-6-9-10(7-8)15-12(14-9)11(4-2)19-16-13(17)18/h5-7,11,16H,3-4H2,1-2H3,(H,14,15)(H,17,18). The number of aryl methyl sites for hydroxylation is 1. The van der Waals surface area contributed by atoms with Gasteiger partial charge in [0.15, 0.2) is 0 Å². The van der Waals surface area contributed by atoms with Gasteiger partial charge in [-0.1, -0.05) is 19.9 Å². The number of rotatable bonds is 5. The fraction of sp³-hybridized carbons (Fsp3) is 0.385. The molecule has 6 heteroatoms. The number of aromatic amines is 1. The molecule has 102 valence electrons. The van der Waals surface area contributed by atoms with Crippen LogP contribution < -0.4 is 5.48 Å². The molecule has 0 spiro atoms. The van der Waals surface area contributed by atoms with Crippen LogP contribution >= 0.6 is 0 Å². The van der Waals surface area contributed by atoms with E-state index in [1.54, 1.807) is 0 Å². The molecule has 1 aromatic carbocycles. The molecular formula is C13H17N3O3. The summed E-state index contributed by atoms with van der Waals surface area (Å²) in [4.78, 5) is 23.1. The summed E-state index contributed by atoms with van der Waals surface area (Å²) in [5, 5.41) is 8.55. The summed E-state index contributed by atoms with van der Waals surface area (Å²) in [5.41, 5.74) is 4.92. The maximum absolute atomic E-state index is 10.4. The molecule has 6 nitrogen and oxygen atoms in total. The highest BCUT2D eigenvalue weighted by Gasteiger charge is 2.16. The summed E-state index contributed by atoms with van der Waals surface area (Å²) in [7, 11) is 0. The van der Waals surface area contributed by atoms with Gasteiger partial charge in [0.05, 0.1) is 11.0 Å². The van der Waals surface area contributed by atoms with Gasteiger partial charge in [-0.2, -0.15) is 5.48 Å². The molecule has 1 unspecified atom stereocenters. The average molecular weight is 263 g/mol. The molecule has 0 saturated heterocycles. The molecule has 2 rings (SSSR count). The van der Waals surface area contributed by atoms with Gasteiger partial charge in [-0.05, 0) is 30.5 Å². The van der Waals surface area contributed by atoms with Crippen molar-refractivity contribution in [2.45, 2.75) is 32.8 Å². The first-order valence-corrected chi connectivity index (χ1v) is 6.27. The highest BCUT2D eigenvalue weighted by Crippen LogP contribution is 2.21. The number of aromatic nitrogens is 2. The minimum absolute atomic E-state index is 0.423. The Balaban J connectivity index is 2.25. The van der Waals surface area contributed by atoms with Crippen molar-refractivity contribution in [1.82, 2.24) is 15.4 Å². The van der Waals surface area contributed by atoms with Crippen LogP contribution in [0.2, 0.25) is 0 Å². The number of amides is 1. The van der Waals surface area contributed by atoms with Crippen LogP contribution in [0.25, 0.3) is 11.0 Å². The molecule has 2 aromatic rings. The van der Waals surface area contributed by atoms with Gasteiger partial charge in [0.25, 0.3) is 0 Å². The number of H-pyrrole nitrogens is 1. The molecule has 1 atom stereocenters. The van der Waals surface area contributed by atoms with Crippen LogP contribution in [0.3, 0.4) is 0 Å². The number of hydroxylamine groups is 1. The predicted molar refractivity (Wildman–Crippen MR) is 70.7 cm³/mol. The number of benzene rings is 1. The molecule has 0 aliphatic rings. The number of fused-ring (bicyclic) bond motifs is 1. The summed E-state index contributed by atoms with van der Waals surface area (Å²) in [5.74, 6) is 0.625. The van der Waals surface area contributed by atoms with E-state index in [2.05, 4.69) is 16.9 Å². The zero-order valence-electron chi connectivity index (χ0n) is 10.9. The normalized spacial score (nSPS) is 12.5. The second-order valence-corrected chi connectivity index (χ2v) is 4.25. The summed E-state index contributed by atoms with van der Waals surface area (Å²) in [6, 6.07) is 6.04. The monoisotopic (exact) mass is 263 g/mol. The van der Waals surface area contributed by atoms with Crippen LogP contribution in [0.1, 0.15) is 37.8 Å². The van der Waals surface area contributed by atoms with E-state index in [0.29, 0.717) is 12.2 Å². The molecule has 0 saturated carbocycles. The van der Waals surface area contributed by atoms with Gasteiger partial charge in [-0.15, -0.1) is 0 Å². The molecule has 19 heavy (non-hydrogen) atoms. The van der Waals surface area contributed by atoms with Crippen LogP contribution in [0, 0.1) is 0 Å². The van der Waals surface area contributed by atoms with Crippen molar-refractivity contribution in [3.63, 3.8) is 0 Å². The number of hydrogen-bond donors (Lipinski definition) is 3. The molecule has 0 aliphatic heterocycles. The number of hydrogen-bond acceptors (Lipinski definition) is 3. The van der Waals surface area contributed by atoms with Crippen LogP contribution in [0.5, 0.6) is 0 Å². The van der Waals surface area contributed by atoms with Crippen LogP contribution in [-0.4, -0.2) is 21.2 Å². The van der Waals surface area contributed by atoms with Crippen molar-refractivity contribution < 1.29 is 14.7 Å². The average Bonchev–Trinajstić information content (AvgIpc) is 2.81. The summed E-state index contributed by atoms with van der Waals surface area (Å²) in [6.07, 6.45) is -0.0796. The Morgan fingerprint density at radius 1 is 1.53 bits per heavy atom. The molecule has 3 N–H and O–H groups in total. The lowest BCUT2D eigenvalue weighted by Gasteiger charge is -2.11. The third-order valence-electron chi connectivity index (χ3n) is 2.94.